The van der Waals surface area contributed by atoms with Crippen molar-refractivity contribution in [3.05, 3.63) is 52.6 Å². The van der Waals surface area contributed by atoms with Crippen molar-refractivity contribution < 1.29 is 9.69 Å². The Bertz CT molecular complexity index is 1050. The van der Waals surface area contributed by atoms with Gasteiger partial charge in [-0.1, -0.05) is 18.2 Å². The number of rotatable bonds is 4. The maximum atomic E-state index is 12.5. The predicted octanol–water partition coefficient (Wildman–Crippen LogP) is 1.77. The Labute approximate surface area is 169 Å². The van der Waals surface area contributed by atoms with Gasteiger partial charge in [-0.25, -0.2) is 14.2 Å². The number of para-hydroxylation sites is 1. The second-order valence-corrected chi connectivity index (χ2v) is 7.85. The van der Waals surface area contributed by atoms with Crippen molar-refractivity contribution in [3.8, 4) is 0 Å². The van der Waals surface area contributed by atoms with Crippen LogP contribution in [0.25, 0.3) is 5.78 Å². The zero-order valence-electron chi connectivity index (χ0n) is 16.2. The highest BCUT2D eigenvalue weighted by Crippen LogP contribution is 2.14. The lowest BCUT2D eigenvalue weighted by Gasteiger charge is -2.28. The molecule has 0 atom stereocenters. The zero-order chi connectivity index (χ0) is 19.7. The highest BCUT2D eigenvalue weighted by molar-refractivity contribution is 7.71. The lowest BCUT2D eigenvalue weighted by molar-refractivity contribution is -0.929. The molecule has 0 aliphatic carbocycles. The third-order valence-electron chi connectivity index (χ3n) is 5.35. The fourth-order valence-electron chi connectivity index (χ4n) is 3.92. The van der Waals surface area contributed by atoms with Crippen LogP contribution in [0.4, 0.5) is 5.69 Å². The fraction of sp³-hybridized carbons (Fsp3) is 0.400. The van der Waals surface area contributed by atoms with E-state index in [9.17, 15) is 4.79 Å². The number of quaternary nitrogens is 1. The molecule has 1 amide bonds. The number of amides is 1. The second-order valence-electron chi connectivity index (χ2n) is 7.48. The van der Waals surface area contributed by atoms with Crippen LogP contribution < -0.4 is 10.2 Å². The minimum atomic E-state index is 0.0603. The Kier molecular flexibility index (Phi) is 5.23. The number of hydrogen-bond donors (Lipinski definition) is 2. The SMILES string of the molecule is Cc1cc(C)n2c(n1)nc(=S)n2C[NH+]1CCC(C(=O)Nc2ccccc2)CC1. The number of anilines is 1. The molecule has 1 aromatic carbocycles. The lowest BCUT2D eigenvalue weighted by Crippen LogP contribution is -3.12. The van der Waals surface area contributed by atoms with Gasteiger partial charge in [-0.2, -0.15) is 4.98 Å². The van der Waals surface area contributed by atoms with E-state index in [4.69, 9.17) is 12.2 Å². The Morgan fingerprint density at radius 3 is 2.64 bits per heavy atom. The van der Waals surface area contributed by atoms with E-state index in [1.54, 1.807) is 0 Å². The van der Waals surface area contributed by atoms with Gasteiger partial charge < -0.3 is 10.2 Å². The monoisotopic (exact) mass is 397 g/mol. The van der Waals surface area contributed by atoms with Gasteiger partial charge in [-0.3, -0.25) is 4.79 Å². The smallest absolute Gasteiger partial charge is 0.252 e. The van der Waals surface area contributed by atoms with E-state index in [2.05, 4.69) is 15.3 Å². The molecule has 1 aliphatic rings. The summed E-state index contributed by atoms with van der Waals surface area (Å²) in [5.41, 5.74) is 2.87. The molecular weight excluding hydrogens is 372 g/mol. The van der Waals surface area contributed by atoms with E-state index < -0.39 is 0 Å². The molecule has 3 heterocycles. The molecule has 0 spiro atoms. The van der Waals surface area contributed by atoms with Crippen molar-refractivity contribution in [2.24, 2.45) is 5.92 Å². The topological polar surface area (TPSA) is 68.7 Å². The van der Waals surface area contributed by atoms with Gasteiger partial charge in [0.1, 0.15) is 0 Å². The first-order valence-electron chi connectivity index (χ1n) is 9.64. The largest absolute Gasteiger partial charge is 0.326 e. The van der Waals surface area contributed by atoms with Gasteiger partial charge in [0.15, 0.2) is 6.67 Å². The molecule has 146 valence electrons. The third-order valence-corrected chi connectivity index (χ3v) is 5.66. The number of nitrogens with one attached hydrogen (secondary N) is 2. The van der Waals surface area contributed by atoms with Crippen LogP contribution in [0.2, 0.25) is 0 Å². The highest BCUT2D eigenvalue weighted by atomic mass is 32.1. The molecule has 8 heteroatoms. The van der Waals surface area contributed by atoms with Crippen molar-refractivity contribution in [3.63, 3.8) is 0 Å². The van der Waals surface area contributed by atoms with Gasteiger partial charge in [-0.05, 0) is 44.3 Å². The zero-order valence-corrected chi connectivity index (χ0v) is 17.0. The first-order chi connectivity index (χ1) is 13.5. The quantitative estimate of drug-likeness (QED) is 0.659. The maximum absolute atomic E-state index is 12.5. The van der Waals surface area contributed by atoms with E-state index >= 15 is 0 Å². The number of hydrogen-bond acceptors (Lipinski definition) is 4. The minimum Gasteiger partial charge on any atom is -0.326 e. The number of fused-ring (bicyclic) bond motifs is 1. The molecule has 0 saturated carbocycles. The fourth-order valence-corrected chi connectivity index (χ4v) is 4.15. The number of piperidine rings is 1. The first-order valence-corrected chi connectivity index (χ1v) is 10.1. The average Bonchev–Trinajstić information content (AvgIpc) is 2.98. The molecule has 1 fully saturated rings. The van der Waals surface area contributed by atoms with Crippen LogP contribution in [0.3, 0.4) is 0 Å². The molecule has 2 aromatic heterocycles. The Morgan fingerprint density at radius 2 is 1.93 bits per heavy atom. The number of aromatic nitrogens is 4. The summed E-state index contributed by atoms with van der Waals surface area (Å²) in [6.07, 6.45) is 1.74. The lowest BCUT2D eigenvalue weighted by atomic mass is 9.96. The summed E-state index contributed by atoms with van der Waals surface area (Å²) in [4.78, 5) is 22.9. The average molecular weight is 398 g/mol. The summed E-state index contributed by atoms with van der Waals surface area (Å²) >= 11 is 5.48. The van der Waals surface area contributed by atoms with Crippen molar-refractivity contribution in [2.75, 3.05) is 18.4 Å². The van der Waals surface area contributed by atoms with E-state index in [0.717, 1.165) is 49.7 Å². The van der Waals surface area contributed by atoms with Gasteiger partial charge in [0.2, 0.25) is 10.7 Å². The number of benzene rings is 1. The van der Waals surface area contributed by atoms with Gasteiger partial charge in [-0.15, -0.1) is 0 Å². The van der Waals surface area contributed by atoms with E-state index in [0.29, 0.717) is 10.5 Å². The summed E-state index contributed by atoms with van der Waals surface area (Å²) in [6.45, 7) is 6.61. The molecule has 28 heavy (non-hydrogen) atoms. The standard InChI is InChI=1S/C20H24N6OS/c1-14-12-15(2)26-19(21-14)23-20(28)25(26)13-24-10-8-16(9-11-24)18(27)22-17-6-4-3-5-7-17/h3-7,12,16H,8-11,13H2,1-2H3,(H,22,27)/p+1. The van der Waals surface area contributed by atoms with Gasteiger partial charge in [0, 0.05) is 35.8 Å². The molecule has 0 bridgehead atoms. The molecule has 1 aliphatic heterocycles. The minimum absolute atomic E-state index is 0.0603. The molecule has 0 unspecified atom stereocenters. The van der Waals surface area contributed by atoms with Crippen LogP contribution in [0.1, 0.15) is 24.2 Å². The Hall–Kier alpha value is -2.58. The van der Waals surface area contributed by atoms with Crippen LogP contribution in [0.5, 0.6) is 0 Å². The Morgan fingerprint density at radius 1 is 1.21 bits per heavy atom. The van der Waals surface area contributed by atoms with Gasteiger partial charge >= 0.3 is 0 Å². The first kappa shape index (κ1) is 18.8. The van der Waals surface area contributed by atoms with Crippen LogP contribution >= 0.6 is 12.2 Å². The number of nitrogens with zero attached hydrogens (tertiary/aromatic N) is 4. The molecule has 3 aromatic rings. The summed E-state index contributed by atoms with van der Waals surface area (Å²) in [6, 6.07) is 11.7. The summed E-state index contributed by atoms with van der Waals surface area (Å²) in [7, 11) is 0. The number of carbonyl (C=O) groups is 1. The molecule has 1 saturated heterocycles. The van der Waals surface area contributed by atoms with Gasteiger partial charge in [0.05, 0.1) is 13.1 Å². The van der Waals surface area contributed by atoms with Gasteiger partial charge in [0.25, 0.3) is 5.78 Å². The van der Waals surface area contributed by atoms with Crippen LogP contribution in [0.15, 0.2) is 36.4 Å². The Balaban J connectivity index is 1.41. The number of aryl methyl sites for hydroxylation is 2. The van der Waals surface area contributed by atoms with E-state index in [1.165, 1.54) is 4.90 Å². The number of likely N-dealkylation sites (tertiary alicyclic amines) is 1. The molecule has 4 rings (SSSR count). The molecule has 0 radical (unpaired) electrons. The normalized spacial score (nSPS) is 19.6. The predicted molar refractivity (Wildman–Crippen MR) is 110 cm³/mol. The van der Waals surface area contributed by atoms with Crippen molar-refractivity contribution in [2.45, 2.75) is 33.4 Å². The molecular formula is C20H25N6OS+. The van der Waals surface area contributed by atoms with Crippen LogP contribution in [-0.2, 0) is 11.5 Å². The van der Waals surface area contributed by atoms with E-state index in [1.807, 2.05) is 59.4 Å². The maximum Gasteiger partial charge on any atom is 0.252 e. The number of carbonyl (C=O) groups excluding carboxylic acids is 1. The summed E-state index contributed by atoms with van der Waals surface area (Å²) in [5, 5.41) is 3.03. The summed E-state index contributed by atoms with van der Waals surface area (Å²) < 4.78 is 4.57. The molecule has 7 nitrogen and oxygen atoms in total. The van der Waals surface area contributed by atoms with E-state index in [-0.39, 0.29) is 11.8 Å². The second kappa shape index (κ2) is 7.81. The van der Waals surface area contributed by atoms with Crippen LogP contribution in [0, 0.1) is 24.5 Å². The van der Waals surface area contributed by atoms with Crippen LogP contribution in [-0.4, -0.2) is 38.2 Å². The molecule has 2 N–H and O–H groups in total. The van der Waals surface area contributed by atoms with Crippen molar-refractivity contribution >= 4 is 29.6 Å². The van der Waals surface area contributed by atoms with Crippen molar-refractivity contribution in [1.82, 2.24) is 19.2 Å². The summed E-state index contributed by atoms with van der Waals surface area (Å²) in [5.74, 6) is 0.830. The highest BCUT2D eigenvalue weighted by Gasteiger charge is 2.28. The van der Waals surface area contributed by atoms with Crippen molar-refractivity contribution in [1.29, 1.82) is 0 Å². The third kappa shape index (κ3) is 3.83.